The summed E-state index contributed by atoms with van der Waals surface area (Å²) >= 11 is 0. The van der Waals surface area contributed by atoms with Crippen LogP contribution in [0.15, 0.2) is 0 Å². The highest BCUT2D eigenvalue weighted by Gasteiger charge is 2.56. The fourth-order valence-corrected chi connectivity index (χ4v) is 6.79. The highest BCUT2D eigenvalue weighted by Crippen LogP contribution is 2.52. The summed E-state index contributed by atoms with van der Waals surface area (Å²) < 4.78 is 15.6. The molecule has 286 valence electrons. The molecule has 0 aromatic carbocycles. The molecule has 5 rings (SSSR count). The topological polar surface area (TPSA) is 113 Å². The standard InChI is InChI=1S/C11H19NO2.C9H18N2O3.C9H16N2O.4C2H6/c1-9(13)12-7-6-10(2,14-3)8-11(12)4-5-11;1-10-9(14-3)4-6-11(7-5-9)8(12)13-2;1-7(12)11-4-3-9(10-2)5-8(9)6-11;4*1-2/h4-8H2,1-3H3;10H,4-7H2,1-3H3;8,10H,3-6H2,1-2H3;4*1-2H3. The van der Waals surface area contributed by atoms with Gasteiger partial charge in [-0.05, 0) is 65.5 Å². The molecule has 1 spiro atoms. The van der Waals surface area contributed by atoms with Crippen LogP contribution in [0.3, 0.4) is 0 Å². The molecule has 0 aromatic heterocycles. The highest BCUT2D eigenvalue weighted by atomic mass is 16.5. The van der Waals surface area contributed by atoms with Gasteiger partial charge >= 0.3 is 6.09 Å². The fourth-order valence-electron chi connectivity index (χ4n) is 6.79. The van der Waals surface area contributed by atoms with Crippen LogP contribution in [0.1, 0.15) is 128 Å². The molecule has 48 heavy (non-hydrogen) atoms. The minimum Gasteiger partial charge on any atom is -0.453 e. The number of fused-ring (bicyclic) bond motifs is 1. The normalized spacial score (nSPS) is 26.4. The Morgan fingerprint density at radius 2 is 1.19 bits per heavy atom. The number of hydrogen-bond donors (Lipinski definition) is 2. The van der Waals surface area contributed by atoms with Crippen molar-refractivity contribution in [1.82, 2.24) is 25.3 Å². The highest BCUT2D eigenvalue weighted by molar-refractivity contribution is 5.75. The lowest BCUT2D eigenvalue weighted by Crippen LogP contribution is -2.54. The quantitative estimate of drug-likeness (QED) is 0.332. The van der Waals surface area contributed by atoms with Crippen LogP contribution in [-0.2, 0) is 23.8 Å². The van der Waals surface area contributed by atoms with E-state index >= 15 is 0 Å². The van der Waals surface area contributed by atoms with E-state index in [0.717, 1.165) is 70.5 Å². The maximum absolute atomic E-state index is 11.4. The molecule has 5 aliphatic rings. The smallest absolute Gasteiger partial charge is 0.409 e. The average Bonchev–Trinajstić information content (AvgIpc) is 4.07. The summed E-state index contributed by atoms with van der Waals surface area (Å²) in [5, 5.41) is 6.52. The minimum absolute atomic E-state index is 0.0115. The van der Waals surface area contributed by atoms with Gasteiger partial charge in [-0.25, -0.2) is 4.79 Å². The molecule has 2 saturated carbocycles. The summed E-state index contributed by atoms with van der Waals surface area (Å²) in [6.07, 6.45) is 7.99. The Morgan fingerprint density at radius 1 is 0.667 bits per heavy atom. The molecule has 3 aliphatic heterocycles. The number of nitrogens with one attached hydrogen (secondary N) is 2. The van der Waals surface area contributed by atoms with E-state index in [-0.39, 0.29) is 34.8 Å². The van der Waals surface area contributed by atoms with Gasteiger partial charge in [0.1, 0.15) is 5.72 Å². The van der Waals surface area contributed by atoms with Crippen molar-refractivity contribution in [1.29, 1.82) is 0 Å². The van der Waals surface area contributed by atoms with Gasteiger partial charge in [0.05, 0.1) is 12.7 Å². The number of piperidine rings is 3. The average molecular weight is 688 g/mol. The molecule has 2 aliphatic carbocycles. The Hall–Kier alpha value is -1.95. The monoisotopic (exact) mass is 688 g/mol. The predicted molar refractivity (Wildman–Crippen MR) is 198 cm³/mol. The van der Waals surface area contributed by atoms with Crippen LogP contribution < -0.4 is 10.6 Å². The number of hydrogen-bond acceptors (Lipinski definition) is 8. The zero-order chi connectivity index (χ0) is 37.8. The van der Waals surface area contributed by atoms with E-state index in [9.17, 15) is 14.4 Å². The van der Waals surface area contributed by atoms with Crippen molar-refractivity contribution in [3.63, 3.8) is 0 Å². The van der Waals surface area contributed by atoms with E-state index < -0.39 is 0 Å². The lowest BCUT2D eigenvalue weighted by molar-refractivity contribution is -0.140. The van der Waals surface area contributed by atoms with Gasteiger partial charge in [0.15, 0.2) is 0 Å². The number of amides is 3. The van der Waals surface area contributed by atoms with Crippen LogP contribution in [0, 0.1) is 5.92 Å². The molecule has 11 nitrogen and oxygen atoms in total. The van der Waals surface area contributed by atoms with Crippen molar-refractivity contribution in [2.24, 2.45) is 5.92 Å². The van der Waals surface area contributed by atoms with E-state index in [4.69, 9.17) is 9.47 Å². The number of carbonyl (C=O) groups is 3. The molecule has 11 heteroatoms. The molecule has 0 radical (unpaired) electrons. The molecular weight excluding hydrogens is 610 g/mol. The Bertz CT molecular complexity index is 903. The molecule has 0 aromatic rings. The maximum atomic E-state index is 11.4. The number of ether oxygens (including phenoxy) is 3. The first-order valence-corrected chi connectivity index (χ1v) is 18.7. The number of likely N-dealkylation sites (tertiary alicyclic amines) is 3. The van der Waals surface area contributed by atoms with Gasteiger partial charge in [-0.3, -0.25) is 14.9 Å². The fraction of sp³-hybridized carbons (Fsp3) is 0.919. The second kappa shape index (κ2) is 23.5. The first kappa shape index (κ1) is 48.2. The molecule has 3 atom stereocenters. The Labute approximate surface area is 295 Å². The van der Waals surface area contributed by atoms with Crippen LogP contribution >= 0.6 is 0 Å². The Morgan fingerprint density at radius 3 is 1.54 bits per heavy atom. The van der Waals surface area contributed by atoms with E-state index in [0.29, 0.717) is 18.6 Å². The minimum atomic E-state index is -0.273. The number of methoxy groups -OCH3 is 3. The van der Waals surface area contributed by atoms with Gasteiger partial charge in [-0.2, -0.15) is 0 Å². The summed E-state index contributed by atoms with van der Waals surface area (Å²) in [6.45, 7) is 25.6. The van der Waals surface area contributed by atoms with E-state index in [1.165, 1.54) is 13.5 Å². The summed E-state index contributed by atoms with van der Waals surface area (Å²) in [7, 11) is 8.77. The van der Waals surface area contributed by atoms with Crippen molar-refractivity contribution in [3.8, 4) is 0 Å². The summed E-state index contributed by atoms with van der Waals surface area (Å²) in [5.74, 6) is 1.17. The molecule has 2 N–H and O–H groups in total. The van der Waals surface area contributed by atoms with Gasteiger partial charge < -0.3 is 34.2 Å². The Kier molecular flexibility index (Phi) is 23.5. The van der Waals surface area contributed by atoms with Crippen LogP contribution in [0.2, 0.25) is 0 Å². The molecule has 3 heterocycles. The van der Waals surface area contributed by atoms with E-state index in [1.54, 1.807) is 33.0 Å². The number of rotatable bonds is 4. The number of nitrogens with zero attached hydrogens (tertiary/aromatic N) is 3. The van der Waals surface area contributed by atoms with Crippen LogP contribution in [0.4, 0.5) is 4.79 Å². The third kappa shape index (κ3) is 13.4. The van der Waals surface area contributed by atoms with Gasteiger partial charge in [-0.15, -0.1) is 0 Å². The summed E-state index contributed by atoms with van der Waals surface area (Å²) in [5.41, 5.74) is 0.285. The maximum Gasteiger partial charge on any atom is 0.409 e. The third-order valence-corrected chi connectivity index (χ3v) is 10.1. The second-order valence-corrected chi connectivity index (χ2v) is 12.4. The van der Waals surface area contributed by atoms with Gasteiger partial charge in [0.2, 0.25) is 11.8 Å². The predicted octanol–water partition coefficient (Wildman–Crippen LogP) is 6.30. The zero-order valence-electron chi connectivity index (χ0n) is 34.1. The van der Waals surface area contributed by atoms with Gasteiger partial charge in [0, 0.05) is 84.7 Å². The molecule has 3 saturated heterocycles. The first-order chi connectivity index (χ1) is 22.9. The van der Waals surface area contributed by atoms with Crippen molar-refractivity contribution in [2.75, 3.05) is 68.1 Å². The first-order valence-electron chi connectivity index (χ1n) is 18.7. The molecule has 0 bridgehead atoms. The lowest BCUT2D eigenvalue weighted by atomic mass is 9.86. The van der Waals surface area contributed by atoms with Crippen LogP contribution in [0.25, 0.3) is 0 Å². The van der Waals surface area contributed by atoms with Gasteiger partial charge in [0.25, 0.3) is 0 Å². The molecule has 3 unspecified atom stereocenters. The van der Waals surface area contributed by atoms with Gasteiger partial charge in [-0.1, -0.05) is 55.4 Å². The summed E-state index contributed by atoms with van der Waals surface area (Å²) in [4.78, 5) is 39.4. The molecule has 3 amide bonds. The lowest BCUT2D eigenvalue weighted by Gasteiger charge is -2.44. The van der Waals surface area contributed by atoms with Crippen molar-refractivity contribution in [2.45, 2.75) is 150 Å². The largest absolute Gasteiger partial charge is 0.453 e. The third-order valence-electron chi connectivity index (χ3n) is 10.1. The Balaban J connectivity index is 0. The second-order valence-electron chi connectivity index (χ2n) is 12.4. The van der Waals surface area contributed by atoms with Crippen molar-refractivity contribution in [3.05, 3.63) is 0 Å². The van der Waals surface area contributed by atoms with Crippen molar-refractivity contribution < 1.29 is 28.6 Å². The van der Waals surface area contributed by atoms with Crippen LogP contribution in [-0.4, -0.2) is 123 Å². The van der Waals surface area contributed by atoms with E-state index in [1.807, 2.05) is 79.3 Å². The SMILES string of the molecule is CC.CC.CC.CC.CNC1(OC)CCN(C(=O)OC)CC1.CNC12CCN(C(C)=O)CC1C2.COC1(C)CCN(C(C)=O)C2(CC2)C1. The van der Waals surface area contributed by atoms with E-state index in [2.05, 4.69) is 22.3 Å². The molecule has 5 fully saturated rings. The number of carbonyl (C=O) groups excluding carboxylic acids is 3. The molecular formula is C37H77N5O6. The summed E-state index contributed by atoms with van der Waals surface area (Å²) in [6, 6.07) is 0. The zero-order valence-corrected chi connectivity index (χ0v) is 34.1. The van der Waals surface area contributed by atoms with Crippen LogP contribution in [0.5, 0.6) is 0 Å². The van der Waals surface area contributed by atoms with Crippen molar-refractivity contribution >= 4 is 17.9 Å².